The minimum atomic E-state index is -0.460. The number of carbonyl (C=O) groups excluding carboxylic acids is 2. The van der Waals surface area contributed by atoms with Crippen molar-refractivity contribution < 1.29 is 19.1 Å². The van der Waals surface area contributed by atoms with Crippen LogP contribution in [0, 0.1) is 0 Å². The largest absolute Gasteiger partial charge is 0.496 e. The minimum absolute atomic E-state index is 0.211. The number of fused-ring (bicyclic) bond motifs is 1. The van der Waals surface area contributed by atoms with Gasteiger partial charge in [0.2, 0.25) is 0 Å². The Labute approximate surface area is 209 Å². The van der Waals surface area contributed by atoms with Crippen LogP contribution in [0.2, 0.25) is 0 Å². The molecular weight excluding hydrogens is 456 g/mol. The molecule has 8 nitrogen and oxygen atoms in total. The molecule has 1 aliphatic carbocycles. The van der Waals surface area contributed by atoms with Gasteiger partial charge in [-0.05, 0) is 30.5 Å². The smallest absolute Gasteiger partial charge is 0.342 e. The van der Waals surface area contributed by atoms with E-state index in [4.69, 9.17) is 14.5 Å². The number of hydrogen-bond donors (Lipinski definition) is 2. The van der Waals surface area contributed by atoms with Crippen molar-refractivity contribution in [3.8, 4) is 17.0 Å². The summed E-state index contributed by atoms with van der Waals surface area (Å²) in [4.78, 5) is 30.5. The van der Waals surface area contributed by atoms with Crippen LogP contribution < -0.4 is 10.1 Å². The Morgan fingerprint density at radius 1 is 1.06 bits per heavy atom. The second-order valence-corrected chi connectivity index (χ2v) is 8.93. The van der Waals surface area contributed by atoms with Crippen LogP contribution in [-0.2, 0) is 11.3 Å². The fourth-order valence-electron chi connectivity index (χ4n) is 4.94. The number of para-hydroxylation sites is 1. The number of hydrogen-bond acceptors (Lipinski definition) is 6. The quantitative estimate of drug-likeness (QED) is 0.357. The Balaban J connectivity index is 1.45. The molecule has 1 saturated carbocycles. The van der Waals surface area contributed by atoms with Crippen molar-refractivity contribution in [2.24, 2.45) is 0 Å². The van der Waals surface area contributed by atoms with Crippen LogP contribution >= 0.6 is 0 Å². The molecule has 0 radical (unpaired) electrons. The number of amides is 1. The maximum Gasteiger partial charge on any atom is 0.342 e. The number of pyridine rings is 1. The van der Waals surface area contributed by atoms with Gasteiger partial charge in [-0.1, -0.05) is 49.2 Å². The van der Waals surface area contributed by atoms with Crippen LogP contribution in [0.1, 0.15) is 63.6 Å². The first-order chi connectivity index (χ1) is 17.6. The number of ether oxygens (including phenoxy) is 2. The molecule has 4 aromatic rings. The fraction of sp³-hybridized carbons (Fsp3) is 0.286. The highest BCUT2D eigenvalue weighted by molar-refractivity contribution is 6.08. The Kier molecular flexibility index (Phi) is 6.66. The van der Waals surface area contributed by atoms with E-state index in [-0.39, 0.29) is 5.91 Å². The predicted molar refractivity (Wildman–Crippen MR) is 136 cm³/mol. The standard InChI is InChI=1S/C28H28N4O4/c1-35-22-10-6-5-9-20(22)27(33)29-15-17-11-13-19(14-12-17)25-23(28(34)36-2)26-21(16-30-32-26)24(31-25)18-7-3-4-8-18/h5-6,9-14,16,18H,3-4,7-8,15H2,1-2H3,(H,29,33)(H,30,32). The number of methoxy groups -OCH3 is 2. The normalized spacial score (nSPS) is 13.6. The number of rotatable bonds is 7. The summed E-state index contributed by atoms with van der Waals surface area (Å²) in [6.45, 7) is 0.349. The highest BCUT2D eigenvalue weighted by atomic mass is 16.5. The van der Waals surface area contributed by atoms with Crippen molar-refractivity contribution in [3.05, 3.63) is 77.1 Å². The molecule has 0 spiro atoms. The zero-order valence-electron chi connectivity index (χ0n) is 20.3. The highest BCUT2D eigenvalue weighted by Crippen LogP contribution is 2.39. The topological polar surface area (TPSA) is 106 Å². The molecule has 0 bridgehead atoms. The van der Waals surface area contributed by atoms with Crippen LogP contribution in [0.5, 0.6) is 5.75 Å². The van der Waals surface area contributed by atoms with E-state index < -0.39 is 5.97 Å². The lowest BCUT2D eigenvalue weighted by atomic mass is 9.95. The second kappa shape index (κ2) is 10.2. The van der Waals surface area contributed by atoms with Crippen molar-refractivity contribution in [2.75, 3.05) is 14.2 Å². The maximum absolute atomic E-state index is 12.8. The molecule has 0 aliphatic heterocycles. The number of esters is 1. The Morgan fingerprint density at radius 2 is 1.81 bits per heavy atom. The summed E-state index contributed by atoms with van der Waals surface area (Å²) in [5.74, 6) is 0.203. The van der Waals surface area contributed by atoms with E-state index in [1.165, 1.54) is 20.0 Å². The molecule has 2 N–H and O–H groups in total. The molecule has 5 rings (SSSR count). The van der Waals surface area contributed by atoms with Gasteiger partial charge in [0, 0.05) is 23.4 Å². The van der Waals surface area contributed by atoms with E-state index >= 15 is 0 Å². The van der Waals surface area contributed by atoms with Gasteiger partial charge in [0.1, 0.15) is 11.3 Å². The number of carbonyl (C=O) groups is 2. The summed E-state index contributed by atoms with van der Waals surface area (Å²) in [5.41, 5.74) is 4.78. The summed E-state index contributed by atoms with van der Waals surface area (Å²) in [6, 6.07) is 14.8. The summed E-state index contributed by atoms with van der Waals surface area (Å²) in [7, 11) is 2.91. The molecule has 184 valence electrons. The summed E-state index contributed by atoms with van der Waals surface area (Å²) in [6.07, 6.45) is 6.26. The molecule has 2 heterocycles. The maximum atomic E-state index is 12.8. The average Bonchev–Trinajstić information content (AvgIpc) is 3.63. The number of aromatic nitrogens is 3. The summed E-state index contributed by atoms with van der Waals surface area (Å²) >= 11 is 0. The Morgan fingerprint density at radius 3 is 2.53 bits per heavy atom. The van der Waals surface area contributed by atoms with Gasteiger partial charge in [-0.2, -0.15) is 5.10 Å². The van der Waals surface area contributed by atoms with Crippen molar-refractivity contribution in [1.82, 2.24) is 20.5 Å². The van der Waals surface area contributed by atoms with Gasteiger partial charge in [-0.3, -0.25) is 14.9 Å². The lowest BCUT2D eigenvalue weighted by Crippen LogP contribution is -2.23. The Hall–Kier alpha value is -4.20. The molecule has 36 heavy (non-hydrogen) atoms. The first-order valence-electron chi connectivity index (χ1n) is 12.1. The van der Waals surface area contributed by atoms with Gasteiger partial charge >= 0.3 is 5.97 Å². The second-order valence-electron chi connectivity index (χ2n) is 8.93. The van der Waals surface area contributed by atoms with E-state index in [0.29, 0.717) is 40.5 Å². The van der Waals surface area contributed by atoms with Crippen LogP contribution in [0.15, 0.2) is 54.7 Å². The number of nitrogens with zero attached hydrogens (tertiary/aromatic N) is 2. The third-order valence-corrected chi connectivity index (χ3v) is 6.80. The third kappa shape index (κ3) is 4.42. The molecule has 0 unspecified atom stereocenters. The molecule has 1 aliphatic rings. The van der Waals surface area contributed by atoms with Gasteiger partial charge in [0.15, 0.2) is 0 Å². The molecule has 8 heteroatoms. The SMILES string of the molecule is COC(=O)c1c(-c2ccc(CNC(=O)c3ccccc3OC)cc2)nc(C2CCCC2)c2cn[nH]c12. The molecule has 2 aromatic carbocycles. The van der Waals surface area contributed by atoms with Gasteiger partial charge in [0.05, 0.1) is 42.9 Å². The fourth-order valence-corrected chi connectivity index (χ4v) is 4.94. The lowest BCUT2D eigenvalue weighted by Gasteiger charge is -2.16. The van der Waals surface area contributed by atoms with E-state index in [9.17, 15) is 9.59 Å². The third-order valence-electron chi connectivity index (χ3n) is 6.80. The molecule has 2 aromatic heterocycles. The molecular formula is C28H28N4O4. The number of aromatic amines is 1. The van der Waals surface area contributed by atoms with Gasteiger partial charge < -0.3 is 14.8 Å². The van der Waals surface area contributed by atoms with E-state index in [1.54, 1.807) is 31.5 Å². The number of benzene rings is 2. The van der Waals surface area contributed by atoms with Gasteiger partial charge in [-0.25, -0.2) is 4.79 Å². The zero-order chi connectivity index (χ0) is 25.1. The highest BCUT2D eigenvalue weighted by Gasteiger charge is 2.27. The predicted octanol–water partition coefficient (Wildman–Crippen LogP) is 5.01. The summed E-state index contributed by atoms with van der Waals surface area (Å²) in [5, 5.41) is 11.0. The molecule has 0 atom stereocenters. The molecule has 0 saturated heterocycles. The number of nitrogens with one attached hydrogen (secondary N) is 2. The van der Waals surface area contributed by atoms with Crippen molar-refractivity contribution in [3.63, 3.8) is 0 Å². The first-order valence-corrected chi connectivity index (χ1v) is 12.1. The van der Waals surface area contributed by atoms with E-state index in [2.05, 4.69) is 15.5 Å². The zero-order valence-corrected chi connectivity index (χ0v) is 20.3. The van der Waals surface area contributed by atoms with E-state index in [1.807, 2.05) is 30.3 Å². The van der Waals surface area contributed by atoms with Crippen LogP contribution in [0.25, 0.3) is 22.2 Å². The van der Waals surface area contributed by atoms with Crippen LogP contribution in [0.3, 0.4) is 0 Å². The monoisotopic (exact) mass is 484 g/mol. The van der Waals surface area contributed by atoms with Gasteiger partial charge in [-0.15, -0.1) is 0 Å². The van der Waals surface area contributed by atoms with Crippen LogP contribution in [-0.4, -0.2) is 41.3 Å². The molecule has 1 amide bonds. The summed E-state index contributed by atoms with van der Waals surface area (Å²) < 4.78 is 10.4. The Bertz CT molecular complexity index is 1410. The van der Waals surface area contributed by atoms with Crippen molar-refractivity contribution in [2.45, 2.75) is 38.1 Å². The molecule has 1 fully saturated rings. The van der Waals surface area contributed by atoms with Crippen LogP contribution in [0.4, 0.5) is 0 Å². The lowest BCUT2D eigenvalue weighted by molar-refractivity contribution is 0.0603. The van der Waals surface area contributed by atoms with Crippen molar-refractivity contribution in [1.29, 1.82) is 0 Å². The van der Waals surface area contributed by atoms with E-state index in [0.717, 1.165) is 35.0 Å². The minimum Gasteiger partial charge on any atom is -0.496 e. The average molecular weight is 485 g/mol. The number of H-pyrrole nitrogens is 1. The first kappa shape index (κ1) is 23.5. The van der Waals surface area contributed by atoms with Gasteiger partial charge in [0.25, 0.3) is 5.91 Å². The van der Waals surface area contributed by atoms with Crippen molar-refractivity contribution >= 4 is 22.8 Å².